The average Bonchev–Trinajstić information content (AvgIpc) is 1.98. The van der Waals surface area contributed by atoms with E-state index in [4.69, 9.17) is 0 Å². The van der Waals surface area contributed by atoms with Gasteiger partial charge in [0.15, 0.2) is 0 Å². The topological polar surface area (TPSA) is 27.6 Å². The van der Waals surface area contributed by atoms with E-state index in [0.29, 0.717) is 16.4 Å². The molecule has 4 rings (SSSR count). The van der Waals surface area contributed by atoms with Gasteiger partial charge in [-0.15, -0.1) is 0 Å². The largest absolute Gasteiger partial charge is 1.00 e. The van der Waals surface area contributed by atoms with Crippen LogP contribution in [-0.2, 0) is 0 Å². The van der Waals surface area contributed by atoms with Crippen LogP contribution in [0.15, 0.2) is 0 Å². The second kappa shape index (κ2) is 3.01. The molecule has 3 N–H and O–H groups in total. The van der Waals surface area contributed by atoms with E-state index in [1.54, 1.807) is 0 Å². The Kier molecular flexibility index (Phi) is 2.39. The predicted molar refractivity (Wildman–Crippen MR) is 57.6 cm³/mol. The number of hydrogen-bond acceptors (Lipinski definition) is 0. The first-order valence-corrected chi connectivity index (χ1v) is 6.22. The van der Waals surface area contributed by atoms with Gasteiger partial charge in [0, 0.05) is 18.3 Å². The molecule has 4 saturated carbocycles. The molecule has 0 aromatic rings. The first-order chi connectivity index (χ1) is 6.36. The summed E-state index contributed by atoms with van der Waals surface area (Å²) in [6, 6.07) is 0. The van der Waals surface area contributed by atoms with Crippen LogP contribution in [0.3, 0.4) is 0 Å². The summed E-state index contributed by atoms with van der Waals surface area (Å²) >= 11 is 0. The van der Waals surface area contributed by atoms with Crippen molar-refractivity contribution in [2.75, 3.05) is 0 Å². The lowest BCUT2D eigenvalue weighted by Crippen LogP contribution is -3.00. The van der Waals surface area contributed by atoms with Crippen LogP contribution in [0.25, 0.3) is 0 Å². The normalized spacial score (nSPS) is 55.2. The zero-order valence-electron chi connectivity index (χ0n) is 10.3. The number of quaternary nitrogens is 1. The highest BCUT2D eigenvalue weighted by Gasteiger charge is 2.67. The lowest BCUT2D eigenvalue weighted by atomic mass is 9.38. The highest BCUT2D eigenvalue weighted by molar-refractivity contribution is 5.15. The molecule has 2 atom stereocenters. The molecule has 0 heterocycles. The second-order valence-electron chi connectivity index (χ2n) is 7.25. The molecule has 1 nitrogen and oxygen atoms in total. The Hall–Kier alpha value is 0.440. The predicted octanol–water partition coefficient (Wildman–Crippen LogP) is -0.773. The summed E-state index contributed by atoms with van der Waals surface area (Å²) in [7, 11) is 0. The van der Waals surface area contributed by atoms with Crippen molar-refractivity contribution in [1.29, 1.82) is 0 Å². The molecule has 4 aliphatic carbocycles. The molecule has 4 fully saturated rings. The van der Waals surface area contributed by atoms with Crippen LogP contribution < -0.4 is 22.7 Å². The Morgan fingerprint density at radius 1 is 0.933 bits per heavy atom. The Bertz CT molecular complexity index is 246. The molecule has 0 aliphatic heterocycles. The van der Waals surface area contributed by atoms with Crippen molar-refractivity contribution < 1.29 is 22.7 Å². The standard InChI is InChI=1S/C13H23N.BrH/c1-11(2)12(3)5-9-4-10(6-12)8-13(11,14)7-9;/h9-10H,4-8,14H2,1-3H3;1H. The first-order valence-electron chi connectivity index (χ1n) is 6.22. The summed E-state index contributed by atoms with van der Waals surface area (Å²) in [6.07, 6.45) is 7.29. The maximum Gasteiger partial charge on any atom is 0.101 e. The van der Waals surface area contributed by atoms with Crippen molar-refractivity contribution in [1.82, 2.24) is 0 Å². The minimum atomic E-state index is 0. The molecule has 0 aromatic carbocycles. The van der Waals surface area contributed by atoms with Crippen LogP contribution in [0.1, 0.15) is 52.9 Å². The van der Waals surface area contributed by atoms with Crippen molar-refractivity contribution >= 4 is 0 Å². The van der Waals surface area contributed by atoms with Gasteiger partial charge in [0.1, 0.15) is 5.54 Å². The van der Waals surface area contributed by atoms with Gasteiger partial charge >= 0.3 is 0 Å². The zero-order chi connectivity index (χ0) is 10.2. The summed E-state index contributed by atoms with van der Waals surface area (Å²) in [4.78, 5) is 0. The SMILES string of the molecule is CC12CC3CC(C1)CC([NH3+])(C3)C2(C)C.[Br-]. The quantitative estimate of drug-likeness (QED) is 0.601. The second-order valence-corrected chi connectivity index (χ2v) is 7.25. The van der Waals surface area contributed by atoms with E-state index in [9.17, 15) is 0 Å². The Balaban J connectivity index is 0.000000853. The molecule has 2 unspecified atom stereocenters. The van der Waals surface area contributed by atoms with E-state index in [2.05, 4.69) is 26.5 Å². The van der Waals surface area contributed by atoms with Gasteiger partial charge < -0.3 is 22.7 Å². The summed E-state index contributed by atoms with van der Waals surface area (Å²) in [5.41, 5.74) is 6.10. The molecule has 0 amide bonds. The van der Waals surface area contributed by atoms with E-state index in [1.807, 2.05) is 0 Å². The van der Waals surface area contributed by atoms with Gasteiger partial charge in [-0.1, -0.05) is 20.8 Å². The minimum absolute atomic E-state index is 0. The van der Waals surface area contributed by atoms with Gasteiger partial charge in [-0.05, 0) is 36.5 Å². The van der Waals surface area contributed by atoms with Crippen LogP contribution in [0.2, 0.25) is 0 Å². The number of rotatable bonds is 0. The van der Waals surface area contributed by atoms with Crippen LogP contribution in [0.5, 0.6) is 0 Å². The van der Waals surface area contributed by atoms with Crippen LogP contribution in [0.4, 0.5) is 0 Å². The van der Waals surface area contributed by atoms with Crippen molar-refractivity contribution in [3.63, 3.8) is 0 Å². The lowest BCUT2D eigenvalue weighted by molar-refractivity contribution is -0.543. The third-order valence-corrected chi connectivity index (χ3v) is 6.34. The van der Waals surface area contributed by atoms with Gasteiger partial charge in [-0.3, -0.25) is 0 Å². The monoisotopic (exact) mass is 273 g/mol. The van der Waals surface area contributed by atoms with Crippen molar-refractivity contribution in [2.24, 2.45) is 22.7 Å². The Labute approximate surface area is 104 Å². The minimum Gasteiger partial charge on any atom is -1.00 e. The summed E-state index contributed by atoms with van der Waals surface area (Å²) < 4.78 is 0. The van der Waals surface area contributed by atoms with Gasteiger partial charge in [-0.2, -0.15) is 0 Å². The fourth-order valence-electron chi connectivity index (χ4n) is 5.16. The van der Waals surface area contributed by atoms with Crippen molar-refractivity contribution in [3.8, 4) is 0 Å². The third kappa shape index (κ3) is 1.24. The molecule has 4 bridgehead atoms. The Morgan fingerprint density at radius 2 is 1.40 bits per heavy atom. The molecular weight excluding hydrogens is 250 g/mol. The van der Waals surface area contributed by atoms with E-state index in [-0.39, 0.29) is 17.0 Å². The summed E-state index contributed by atoms with van der Waals surface area (Å²) in [5.74, 6) is 2.02. The number of hydrogen-bond donors (Lipinski definition) is 1. The van der Waals surface area contributed by atoms with E-state index >= 15 is 0 Å². The third-order valence-electron chi connectivity index (χ3n) is 6.34. The van der Waals surface area contributed by atoms with Crippen molar-refractivity contribution in [2.45, 2.75) is 58.4 Å². The molecule has 15 heavy (non-hydrogen) atoms. The molecule has 0 saturated heterocycles. The van der Waals surface area contributed by atoms with E-state index < -0.39 is 0 Å². The first kappa shape index (κ1) is 11.9. The molecule has 0 spiro atoms. The molecular formula is C13H24BrN. The van der Waals surface area contributed by atoms with Gasteiger partial charge in [-0.25, -0.2) is 0 Å². The molecule has 88 valence electrons. The van der Waals surface area contributed by atoms with Crippen LogP contribution in [-0.4, -0.2) is 5.54 Å². The molecule has 4 aliphatic rings. The van der Waals surface area contributed by atoms with Gasteiger partial charge in [0.05, 0.1) is 0 Å². The van der Waals surface area contributed by atoms with Crippen LogP contribution in [0, 0.1) is 22.7 Å². The molecule has 0 radical (unpaired) electrons. The highest BCUT2D eigenvalue weighted by Crippen LogP contribution is 2.68. The Morgan fingerprint density at radius 3 is 1.80 bits per heavy atom. The zero-order valence-corrected chi connectivity index (χ0v) is 11.9. The smallest absolute Gasteiger partial charge is 0.101 e. The fraction of sp³-hybridized carbons (Fsp3) is 1.00. The fourth-order valence-corrected chi connectivity index (χ4v) is 5.16. The summed E-state index contributed by atoms with van der Waals surface area (Å²) in [5, 5.41) is 0. The van der Waals surface area contributed by atoms with E-state index in [1.165, 1.54) is 32.1 Å². The average molecular weight is 274 g/mol. The van der Waals surface area contributed by atoms with E-state index in [0.717, 1.165) is 11.8 Å². The number of halogens is 1. The van der Waals surface area contributed by atoms with Gasteiger partial charge in [0.25, 0.3) is 0 Å². The highest BCUT2D eigenvalue weighted by atomic mass is 79.9. The summed E-state index contributed by atoms with van der Waals surface area (Å²) in [6.45, 7) is 7.50. The maximum absolute atomic E-state index is 4.63. The maximum atomic E-state index is 4.63. The van der Waals surface area contributed by atoms with Gasteiger partial charge in [0.2, 0.25) is 0 Å². The molecule has 2 heteroatoms. The van der Waals surface area contributed by atoms with Crippen molar-refractivity contribution in [3.05, 3.63) is 0 Å². The lowest BCUT2D eigenvalue weighted by Gasteiger charge is -2.67. The molecule has 0 aromatic heterocycles. The van der Waals surface area contributed by atoms with Crippen LogP contribution >= 0.6 is 0 Å².